The standard InChI is InChI=1S/C19H25NO2/c1-4-20(16-8-6-5-7-9-16)13-12-19(21)18-11-10-17(22-3)14-15(18)2/h5-11,14,19,21H,4,12-13H2,1-3H3. The lowest BCUT2D eigenvalue weighted by molar-refractivity contribution is 0.168. The van der Waals surface area contributed by atoms with Crippen molar-refractivity contribution in [1.82, 2.24) is 0 Å². The second-order valence-corrected chi connectivity index (χ2v) is 5.44. The summed E-state index contributed by atoms with van der Waals surface area (Å²) in [5.41, 5.74) is 3.24. The average Bonchev–Trinajstić information content (AvgIpc) is 2.56. The summed E-state index contributed by atoms with van der Waals surface area (Å²) in [6.07, 6.45) is 0.249. The normalized spacial score (nSPS) is 12.0. The molecule has 1 unspecified atom stereocenters. The zero-order valence-corrected chi connectivity index (χ0v) is 13.6. The molecule has 0 amide bonds. The van der Waals surface area contributed by atoms with Crippen molar-refractivity contribution in [2.45, 2.75) is 26.4 Å². The summed E-state index contributed by atoms with van der Waals surface area (Å²) in [6.45, 7) is 5.90. The van der Waals surface area contributed by atoms with E-state index in [9.17, 15) is 5.11 Å². The van der Waals surface area contributed by atoms with Gasteiger partial charge in [0.25, 0.3) is 0 Å². The van der Waals surface area contributed by atoms with Crippen LogP contribution in [0.3, 0.4) is 0 Å². The first-order valence-corrected chi connectivity index (χ1v) is 7.78. The second kappa shape index (κ2) is 7.85. The third kappa shape index (κ3) is 4.01. The fourth-order valence-corrected chi connectivity index (χ4v) is 2.69. The number of benzene rings is 2. The number of hydrogen-bond donors (Lipinski definition) is 1. The van der Waals surface area contributed by atoms with Gasteiger partial charge in [-0.05, 0) is 55.7 Å². The summed E-state index contributed by atoms with van der Waals surface area (Å²) < 4.78 is 5.21. The minimum absolute atomic E-state index is 0.455. The Morgan fingerprint density at radius 3 is 2.45 bits per heavy atom. The molecule has 0 aliphatic heterocycles. The highest BCUT2D eigenvalue weighted by atomic mass is 16.5. The Balaban J connectivity index is 2.01. The van der Waals surface area contributed by atoms with E-state index in [1.54, 1.807) is 7.11 Å². The van der Waals surface area contributed by atoms with Gasteiger partial charge in [0.15, 0.2) is 0 Å². The number of nitrogens with zero attached hydrogens (tertiary/aromatic N) is 1. The van der Waals surface area contributed by atoms with Crippen molar-refractivity contribution in [1.29, 1.82) is 0 Å². The molecule has 22 heavy (non-hydrogen) atoms. The van der Waals surface area contributed by atoms with Crippen molar-refractivity contribution >= 4 is 5.69 Å². The Labute approximate surface area is 133 Å². The van der Waals surface area contributed by atoms with Crippen LogP contribution >= 0.6 is 0 Å². The number of aliphatic hydroxyl groups excluding tert-OH is 1. The number of anilines is 1. The van der Waals surface area contributed by atoms with Crippen LogP contribution in [0.5, 0.6) is 5.75 Å². The summed E-state index contributed by atoms with van der Waals surface area (Å²) >= 11 is 0. The largest absolute Gasteiger partial charge is 0.497 e. The van der Waals surface area contributed by atoms with Gasteiger partial charge in [0.2, 0.25) is 0 Å². The van der Waals surface area contributed by atoms with Gasteiger partial charge in [0.1, 0.15) is 5.75 Å². The quantitative estimate of drug-likeness (QED) is 0.840. The van der Waals surface area contributed by atoms with Gasteiger partial charge in [0, 0.05) is 18.8 Å². The number of hydrogen-bond acceptors (Lipinski definition) is 3. The molecule has 2 aromatic carbocycles. The van der Waals surface area contributed by atoms with Crippen LogP contribution < -0.4 is 9.64 Å². The lowest BCUT2D eigenvalue weighted by Gasteiger charge is -2.25. The molecule has 0 spiro atoms. The van der Waals surface area contributed by atoms with E-state index in [4.69, 9.17) is 4.74 Å². The van der Waals surface area contributed by atoms with Crippen LogP contribution in [-0.4, -0.2) is 25.3 Å². The number of aliphatic hydroxyl groups is 1. The van der Waals surface area contributed by atoms with Gasteiger partial charge in [-0.2, -0.15) is 0 Å². The van der Waals surface area contributed by atoms with Crippen LogP contribution in [0.15, 0.2) is 48.5 Å². The molecule has 0 heterocycles. The van der Waals surface area contributed by atoms with Gasteiger partial charge in [-0.3, -0.25) is 0 Å². The highest BCUT2D eigenvalue weighted by Crippen LogP contribution is 2.25. The molecule has 0 fully saturated rings. The predicted octanol–water partition coefficient (Wildman–Crippen LogP) is 3.95. The fourth-order valence-electron chi connectivity index (χ4n) is 2.69. The summed E-state index contributed by atoms with van der Waals surface area (Å²) in [5.74, 6) is 0.827. The Hall–Kier alpha value is -2.00. The minimum Gasteiger partial charge on any atom is -0.497 e. The molecule has 0 saturated heterocycles. The maximum atomic E-state index is 10.5. The maximum Gasteiger partial charge on any atom is 0.119 e. The molecular formula is C19H25NO2. The van der Waals surface area contributed by atoms with E-state index in [0.29, 0.717) is 6.42 Å². The molecular weight excluding hydrogens is 274 g/mol. The van der Waals surface area contributed by atoms with Crippen molar-refractivity contribution < 1.29 is 9.84 Å². The van der Waals surface area contributed by atoms with Gasteiger partial charge in [-0.1, -0.05) is 24.3 Å². The number of aryl methyl sites for hydroxylation is 1. The molecule has 2 aromatic rings. The lowest BCUT2D eigenvalue weighted by atomic mass is 10.0. The van der Waals surface area contributed by atoms with E-state index >= 15 is 0 Å². The Bertz CT molecular complexity index is 583. The first kappa shape index (κ1) is 16.4. The summed E-state index contributed by atoms with van der Waals surface area (Å²) in [4.78, 5) is 2.28. The number of para-hydroxylation sites is 1. The molecule has 118 valence electrons. The molecule has 1 N–H and O–H groups in total. The molecule has 0 bridgehead atoms. The smallest absolute Gasteiger partial charge is 0.119 e. The summed E-state index contributed by atoms with van der Waals surface area (Å²) in [5, 5.41) is 10.5. The first-order valence-electron chi connectivity index (χ1n) is 7.78. The van der Waals surface area contributed by atoms with Crippen LogP contribution in [-0.2, 0) is 0 Å². The molecule has 0 aromatic heterocycles. The number of ether oxygens (including phenoxy) is 1. The zero-order valence-electron chi connectivity index (χ0n) is 13.6. The van der Waals surface area contributed by atoms with Crippen molar-refractivity contribution in [3.8, 4) is 5.75 Å². The van der Waals surface area contributed by atoms with Crippen LogP contribution in [0, 0.1) is 6.92 Å². The Morgan fingerprint density at radius 2 is 1.86 bits per heavy atom. The van der Waals surface area contributed by atoms with Crippen molar-refractivity contribution in [2.75, 3.05) is 25.1 Å². The van der Waals surface area contributed by atoms with E-state index in [-0.39, 0.29) is 0 Å². The van der Waals surface area contributed by atoms with Gasteiger partial charge >= 0.3 is 0 Å². The third-order valence-corrected chi connectivity index (χ3v) is 4.01. The van der Waals surface area contributed by atoms with E-state index in [1.807, 2.05) is 43.3 Å². The third-order valence-electron chi connectivity index (χ3n) is 4.01. The van der Waals surface area contributed by atoms with Gasteiger partial charge in [-0.25, -0.2) is 0 Å². The van der Waals surface area contributed by atoms with Crippen LogP contribution in [0.1, 0.15) is 30.6 Å². The molecule has 0 aliphatic rings. The van der Waals surface area contributed by atoms with Gasteiger partial charge < -0.3 is 14.7 Å². The highest BCUT2D eigenvalue weighted by molar-refractivity contribution is 5.45. The average molecular weight is 299 g/mol. The van der Waals surface area contributed by atoms with Crippen LogP contribution in [0.4, 0.5) is 5.69 Å². The van der Waals surface area contributed by atoms with Gasteiger partial charge in [0.05, 0.1) is 13.2 Å². The molecule has 2 rings (SSSR count). The molecule has 0 radical (unpaired) electrons. The summed E-state index contributed by atoms with van der Waals surface area (Å²) in [7, 11) is 1.66. The summed E-state index contributed by atoms with van der Waals surface area (Å²) in [6, 6.07) is 16.1. The monoisotopic (exact) mass is 299 g/mol. The van der Waals surface area contributed by atoms with Crippen molar-refractivity contribution in [3.63, 3.8) is 0 Å². The molecule has 3 nitrogen and oxygen atoms in total. The molecule has 3 heteroatoms. The lowest BCUT2D eigenvalue weighted by Crippen LogP contribution is -2.25. The second-order valence-electron chi connectivity index (χ2n) is 5.44. The highest BCUT2D eigenvalue weighted by Gasteiger charge is 2.13. The van der Waals surface area contributed by atoms with E-state index in [1.165, 1.54) is 5.69 Å². The fraction of sp³-hybridized carbons (Fsp3) is 0.368. The topological polar surface area (TPSA) is 32.7 Å². The molecule has 0 aliphatic carbocycles. The minimum atomic E-state index is -0.455. The van der Waals surface area contributed by atoms with Crippen molar-refractivity contribution in [3.05, 3.63) is 59.7 Å². The van der Waals surface area contributed by atoms with Crippen LogP contribution in [0.2, 0.25) is 0 Å². The number of methoxy groups -OCH3 is 1. The SMILES string of the molecule is CCN(CCC(O)c1ccc(OC)cc1C)c1ccccc1. The predicted molar refractivity (Wildman–Crippen MR) is 91.6 cm³/mol. The Morgan fingerprint density at radius 1 is 1.14 bits per heavy atom. The molecule has 0 saturated carbocycles. The Kier molecular flexibility index (Phi) is 5.84. The molecule has 1 atom stereocenters. The zero-order chi connectivity index (χ0) is 15.9. The number of rotatable bonds is 7. The van der Waals surface area contributed by atoms with E-state index < -0.39 is 6.10 Å². The van der Waals surface area contributed by atoms with Crippen LogP contribution in [0.25, 0.3) is 0 Å². The first-order chi connectivity index (χ1) is 10.7. The van der Waals surface area contributed by atoms with E-state index in [0.717, 1.165) is 30.0 Å². The maximum absolute atomic E-state index is 10.5. The van der Waals surface area contributed by atoms with Crippen molar-refractivity contribution in [2.24, 2.45) is 0 Å². The van der Waals surface area contributed by atoms with Gasteiger partial charge in [-0.15, -0.1) is 0 Å². The van der Waals surface area contributed by atoms with E-state index in [2.05, 4.69) is 24.0 Å².